The van der Waals surface area contributed by atoms with E-state index in [0.29, 0.717) is 4.88 Å². The summed E-state index contributed by atoms with van der Waals surface area (Å²) in [6.07, 6.45) is 1.56. The lowest BCUT2D eigenvalue weighted by atomic mass is 10.1. The van der Waals surface area contributed by atoms with E-state index in [2.05, 4.69) is 5.16 Å². The summed E-state index contributed by atoms with van der Waals surface area (Å²) in [6, 6.07) is 17.4. The van der Waals surface area contributed by atoms with Gasteiger partial charge >= 0.3 is 5.97 Å². The van der Waals surface area contributed by atoms with Crippen molar-refractivity contribution in [3.05, 3.63) is 70.4 Å². The van der Waals surface area contributed by atoms with Gasteiger partial charge in [0, 0.05) is 5.56 Å². The van der Waals surface area contributed by atoms with E-state index in [9.17, 15) is 4.79 Å². The van der Waals surface area contributed by atoms with Crippen LogP contribution in [-0.2, 0) is 4.84 Å². The Morgan fingerprint density at radius 3 is 2.75 bits per heavy atom. The van der Waals surface area contributed by atoms with E-state index < -0.39 is 5.97 Å². The average molecular weight is 281 g/mol. The number of carbonyl (C=O) groups is 1. The van der Waals surface area contributed by atoms with Gasteiger partial charge < -0.3 is 4.84 Å². The maximum Gasteiger partial charge on any atom is 0.375 e. The van der Waals surface area contributed by atoms with Crippen LogP contribution in [0.5, 0.6) is 0 Å². The molecule has 0 radical (unpaired) electrons. The summed E-state index contributed by atoms with van der Waals surface area (Å²) in [7, 11) is 0. The maximum absolute atomic E-state index is 11.6. The van der Waals surface area contributed by atoms with Crippen LogP contribution in [0.3, 0.4) is 0 Å². The normalized spacial score (nSPS) is 11.0. The van der Waals surface area contributed by atoms with E-state index in [1.807, 2.05) is 47.8 Å². The van der Waals surface area contributed by atoms with Crippen molar-refractivity contribution in [1.29, 1.82) is 0 Å². The lowest BCUT2D eigenvalue weighted by Crippen LogP contribution is -1.97. The van der Waals surface area contributed by atoms with Gasteiger partial charge in [0.2, 0.25) is 0 Å². The van der Waals surface area contributed by atoms with Gasteiger partial charge in [-0.05, 0) is 22.2 Å². The molecular weight excluding hydrogens is 270 g/mol. The summed E-state index contributed by atoms with van der Waals surface area (Å²) in [6.45, 7) is 0. The molecule has 0 fully saturated rings. The van der Waals surface area contributed by atoms with E-state index in [1.54, 1.807) is 18.3 Å². The summed E-state index contributed by atoms with van der Waals surface area (Å²) in [4.78, 5) is 17.1. The Morgan fingerprint density at radius 1 is 1.05 bits per heavy atom. The molecule has 0 amide bonds. The second-order valence-corrected chi connectivity index (χ2v) is 5.11. The molecule has 0 bridgehead atoms. The van der Waals surface area contributed by atoms with E-state index in [4.69, 9.17) is 4.84 Å². The van der Waals surface area contributed by atoms with Gasteiger partial charge in [-0.15, -0.1) is 11.3 Å². The van der Waals surface area contributed by atoms with Crippen LogP contribution in [0, 0.1) is 0 Å². The molecule has 2 aromatic carbocycles. The number of oxime groups is 1. The third-order valence-corrected chi connectivity index (χ3v) is 3.72. The Hall–Kier alpha value is -2.46. The SMILES string of the molecule is O=C(O/N=C\c1cccc2ccccc12)c1cccs1. The van der Waals surface area contributed by atoms with Crippen molar-refractivity contribution in [2.75, 3.05) is 0 Å². The molecule has 0 spiro atoms. The van der Waals surface area contributed by atoms with E-state index in [0.717, 1.165) is 16.3 Å². The van der Waals surface area contributed by atoms with Crippen molar-refractivity contribution in [1.82, 2.24) is 0 Å². The van der Waals surface area contributed by atoms with Gasteiger partial charge in [-0.25, -0.2) is 4.79 Å². The van der Waals surface area contributed by atoms with Gasteiger partial charge in [-0.3, -0.25) is 0 Å². The third kappa shape index (κ3) is 2.60. The van der Waals surface area contributed by atoms with Crippen LogP contribution in [0.4, 0.5) is 0 Å². The molecule has 0 aliphatic carbocycles. The zero-order valence-electron chi connectivity index (χ0n) is 10.5. The standard InChI is InChI=1S/C16H11NO2S/c18-16(15-9-4-10-20-15)19-17-11-13-7-3-6-12-5-1-2-8-14(12)13/h1-11H/b17-11-. The smallest absolute Gasteiger partial charge is 0.312 e. The van der Waals surface area contributed by atoms with Crippen LogP contribution in [0.1, 0.15) is 15.2 Å². The molecule has 0 atom stereocenters. The van der Waals surface area contributed by atoms with Gasteiger partial charge in [0.15, 0.2) is 0 Å². The zero-order valence-corrected chi connectivity index (χ0v) is 11.3. The Bertz CT molecular complexity index is 758. The van der Waals surface area contributed by atoms with Crippen molar-refractivity contribution in [3.8, 4) is 0 Å². The Morgan fingerprint density at radius 2 is 1.90 bits per heavy atom. The summed E-state index contributed by atoms with van der Waals surface area (Å²) in [5, 5.41) is 7.81. The van der Waals surface area contributed by atoms with E-state index >= 15 is 0 Å². The Labute approximate surface area is 120 Å². The van der Waals surface area contributed by atoms with Gasteiger partial charge in [-0.1, -0.05) is 53.7 Å². The first-order valence-electron chi connectivity index (χ1n) is 6.10. The summed E-state index contributed by atoms with van der Waals surface area (Å²) in [5.74, 6) is -0.434. The molecule has 0 saturated carbocycles. The minimum Gasteiger partial charge on any atom is -0.312 e. The molecule has 3 rings (SSSR count). The van der Waals surface area contributed by atoms with Crippen LogP contribution in [0.25, 0.3) is 10.8 Å². The molecular formula is C16H11NO2S. The van der Waals surface area contributed by atoms with Crippen LogP contribution >= 0.6 is 11.3 Å². The maximum atomic E-state index is 11.6. The zero-order chi connectivity index (χ0) is 13.8. The van der Waals surface area contributed by atoms with Gasteiger partial charge in [-0.2, -0.15) is 0 Å². The summed E-state index contributed by atoms with van der Waals surface area (Å²) in [5.41, 5.74) is 0.919. The fourth-order valence-corrected chi connectivity index (χ4v) is 2.53. The first-order valence-corrected chi connectivity index (χ1v) is 6.98. The average Bonchev–Trinajstić information content (AvgIpc) is 3.02. The highest BCUT2D eigenvalue weighted by atomic mass is 32.1. The summed E-state index contributed by atoms with van der Waals surface area (Å²) >= 11 is 1.33. The molecule has 3 nitrogen and oxygen atoms in total. The lowest BCUT2D eigenvalue weighted by molar-refractivity contribution is 0.0525. The molecule has 3 aromatic rings. The predicted molar refractivity (Wildman–Crippen MR) is 81.3 cm³/mol. The van der Waals surface area contributed by atoms with Crippen molar-refractivity contribution in [2.45, 2.75) is 0 Å². The lowest BCUT2D eigenvalue weighted by Gasteiger charge is -2.00. The molecule has 20 heavy (non-hydrogen) atoms. The van der Waals surface area contributed by atoms with Crippen molar-refractivity contribution >= 4 is 34.3 Å². The number of fused-ring (bicyclic) bond motifs is 1. The van der Waals surface area contributed by atoms with Crippen molar-refractivity contribution in [2.24, 2.45) is 5.16 Å². The highest BCUT2D eigenvalue weighted by Crippen LogP contribution is 2.17. The van der Waals surface area contributed by atoms with Gasteiger partial charge in [0.05, 0.1) is 6.21 Å². The fraction of sp³-hybridized carbons (Fsp3) is 0. The molecule has 0 saturated heterocycles. The molecule has 98 valence electrons. The number of hydrogen-bond donors (Lipinski definition) is 0. The molecule has 1 aromatic heterocycles. The van der Waals surface area contributed by atoms with Crippen molar-refractivity contribution in [3.63, 3.8) is 0 Å². The molecule has 0 unspecified atom stereocenters. The summed E-state index contributed by atoms with van der Waals surface area (Å²) < 4.78 is 0. The number of nitrogens with zero attached hydrogens (tertiary/aromatic N) is 1. The van der Waals surface area contributed by atoms with E-state index in [-0.39, 0.29) is 0 Å². The Balaban J connectivity index is 1.79. The van der Waals surface area contributed by atoms with Gasteiger partial charge in [0.1, 0.15) is 4.88 Å². The molecule has 1 heterocycles. The number of rotatable bonds is 3. The largest absolute Gasteiger partial charge is 0.375 e. The number of hydrogen-bond acceptors (Lipinski definition) is 4. The predicted octanol–water partition coefficient (Wildman–Crippen LogP) is 4.09. The van der Waals surface area contributed by atoms with Crippen LogP contribution in [0.15, 0.2) is 65.1 Å². The van der Waals surface area contributed by atoms with E-state index in [1.165, 1.54) is 11.3 Å². The van der Waals surface area contributed by atoms with Gasteiger partial charge in [0.25, 0.3) is 0 Å². The highest BCUT2D eigenvalue weighted by molar-refractivity contribution is 7.11. The Kier molecular flexibility index (Phi) is 3.56. The number of thiophene rings is 1. The second kappa shape index (κ2) is 5.67. The van der Waals surface area contributed by atoms with Crippen LogP contribution < -0.4 is 0 Å². The topological polar surface area (TPSA) is 38.7 Å². The first kappa shape index (κ1) is 12.6. The quantitative estimate of drug-likeness (QED) is 0.412. The minimum atomic E-state index is -0.434. The minimum absolute atomic E-state index is 0.434. The molecule has 0 N–H and O–H groups in total. The highest BCUT2D eigenvalue weighted by Gasteiger charge is 2.07. The molecule has 0 aliphatic heterocycles. The first-order chi connectivity index (χ1) is 9.84. The third-order valence-electron chi connectivity index (χ3n) is 2.87. The van der Waals surface area contributed by atoms with Crippen molar-refractivity contribution < 1.29 is 9.63 Å². The van der Waals surface area contributed by atoms with Crippen LogP contribution in [0.2, 0.25) is 0 Å². The molecule has 4 heteroatoms. The number of benzene rings is 2. The monoisotopic (exact) mass is 281 g/mol. The number of carbonyl (C=O) groups excluding carboxylic acids is 1. The second-order valence-electron chi connectivity index (χ2n) is 4.16. The van der Waals surface area contributed by atoms with Crippen LogP contribution in [-0.4, -0.2) is 12.2 Å². The molecule has 0 aliphatic rings. The fourth-order valence-electron chi connectivity index (χ4n) is 1.93.